The smallest absolute Gasteiger partial charge is 0.214 e. The number of hydrogen-bond donors (Lipinski definition) is 0. The first kappa shape index (κ1) is 13.3. The average molecular weight is 288 g/mol. The lowest BCUT2D eigenvalue weighted by Gasteiger charge is -2.19. The molecule has 1 atom stereocenters. The molecule has 1 aromatic heterocycles. The summed E-state index contributed by atoms with van der Waals surface area (Å²) < 4.78 is 1.72. The summed E-state index contributed by atoms with van der Waals surface area (Å²) in [5.41, 5.74) is 2.07. The molecule has 0 aliphatic heterocycles. The van der Waals surface area contributed by atoms with Crippen LogP contribution in [0.2, 0.25) is 0 Å². The van der Waals surface area contributed by atoms with E-state index in [0.29, 0.717) is 17.4 Å². The molecule has 20 heavy (non-hydrogen) atoms. The van der Waals surface area contributed by atoms with Crippen molar-refractivity contribution in [1.82, 2.24) is 20.2 Å². The first-order valence-corrected chi connectivity index (χ1v) is 7.67. The lowest BCUT2D eigenvalue weighted by Crippen LogP contribution is -2.21. The number of rotatable bonds is 3. The van der Waals surface area contributed by atoms with E-state index in [2.05, 4.69) is 15.5 Å². The molecule has 0 amide bonds. The Hall–Kier alpha value is -1.69. The second kappa shape index (κ2) is 5.75. The molecule has 0 spiro atoms. The van der Waals surface area contributed by atoms with Gasteiger partial charge in [-0.25, -0.2) is 0 Å². The molecular formula is C14H16N4OS. The van der Waals surface area contributed by atoms with E-state index in [1.165, 1.54) is 11.8 Å². The van der Waals surface area contributed by atoms with Crippen molar-refractivity contribution in [2.45, 2.75) is 43.0 Å². The largest absolute Gasteiger partial charge is 0.298 e. The van der Waals surface area contributed by atoms with Crippen LogP contribution < -0.4 is 0 Å². The number of ketones is 1. The van der Waals surface area contributed by atoms with Gasteiger partial charge in [-0.15, -0.1) is 5.10 Å². The molecule has 0 radical (unpaired) electrons. The van der Waals surface area contributed by atoms with Crippen LogP contribution in [0.5, 0.6) is 0 Å². The Labute approximate surface area is 121 Å². The number of aromatic nitrogens is 4. The Balaban J connectivity index is 1.87. The number of benzene rings is 1. The molecule has 2 aromatic rings. The normalized spacial score (nSPS) is 19.2. The van der Waals surface area contributed by atoms with Crippen molar-refractivity contribution in [3.63, 3.8) is 0 Å². The number of tetrazole rings is 1. The van der Waals surface area contributed by atoms with Crippen molar-refractivity contribution in [3.8, 4) is 5.69 Å². The van der Waals surface area contributed by atoms with Crippen molar-refractivity contribution in [3.05, 3.63) is 29.8 Å². The number of carbonyl (C=O) groups is 1. The van der Waals surface area contributed by atoms with E-state index in [4.69, 9.17) is 0 Å². The molecule has 6 heteroatoms. The third kappa shape index (κ3) is 2.60. The number of nitrogens with zero attached hydrogens (tertiary/aromatic N) is 4. The van der Waals surface area contributed by atoms with E-state index < -0.39 is 0 Å². The highest BCUT2D eigenvalue weighted by Gasteiger charge is 2.25. The molecule has 1 saturated carbocycles. The van der Waals surface area contributed by atoms with Gasteiger partial charge in [-0.1, -0.05) is 36.4 Å². The zero-order chi connectivity index (χ0) is 13.9. The summed E-state index contributed by atoms with van der Waals surface area (Å²) in [6, 6.07) is 7.96. The highest BCUT2D eigenvalue weighted by molar-refractivity contribution is 8.00. The topological polar surface area (TPSA) is 60.7 Å². The summed E-state index contributed by atoms with van der Waals surface area (Å²) in [5.74, 6) is 0.320. The van der Waals surface area contributed by atoms with E-state index >= 15 is 0 Å². The molecule has 0 unspecified atom stereocenters. The van der Waals surface area contributed by atoms with Crippen molar-refractivity contribution in [1.29, 1.82) is 0 Å². The first-order chi connectivity index (χ1) is 9.75. The minimum Gasteiger partial charge on any atom is -0.298 e. The Kier molecular flexibility index (Phi) is 3.82. The van der Waals surface area contributed by atoms with Gasteiger partial charge in [0.1, 0.15) is 5.78 Å². The molecule has 5 nitrogen and oxygen atoms in total. The molecule has 1 aliphatic carbocycles. The van der Waals surface area contributed by atoms with Crippen LogP contribution in [-0.2, 0) is 4.79 Å². The zero-order valence-corrected chi connectivity index (χ0v) is 12.1. The number of aryl methyl sites for hydroxylation is 1. The molecule has 3 rings (SSSR count). The van der Waals surface area contributed by atoms with Gasteiger partial charge < -0.3 is 0 Å². The Bertz CT molecular complexity index is 625. The molecule has 1 aromatic carbocycles. The third-order valence-corrected chi connectivity index (χ3v) is 4.78. The third-order valence-electron chi connectivity index (χ3n) is 3.53. The summed E-state index contributed by atoms with van der Waals surface area (Å²) in [5, 5.41) is 12.6. The van der Waals surface area contributed by atoms with Crippen LogP contribution in [0.15, 0.2) is 29.4 Å². The fourth-order valence-corrected chi connectivity index (χ4v) is 3.51. The minimum absolute atomic E-state index is 0.00230. The maximum atomic E-state index is 11.9. The van der Waals surface area contributed by atoms with Crippen LogP contribution in [0, 0.1) is 6.92 Å². The highest BCUT2D eigenvalue weighted by atomic mass is 32.2. The zero-order valence-electron chi connectivity index (χ0n) is 11.3. The van der Waals surface area contributed by atoms with Crippen LogP contribution in [0.25, 0.3) is 5.69 Å². The van der Waals surface area contributed by atoms with Gasteiger partial charge >= 0.3 is 0 Å². The van der Waals surface area contributed by atoms with E-state index in [-0.39, 0.29) is 5.25 Å². The van der Waals surface area contributed by atoms with Gasteiger partial charge in [0.15, 0.2) is 0 Å². The van der Waals surface area contributed by atoms with Crippen LogP contribution in [0.3, 0.4) is 0 Å². The molecule has 0 saturated heterocycles. The number of thioether (sulfide) groups is 1. The number of para-hydroxylation sites is 1. The van der Waals surface area contributed by atoms with Gasteiger partial charge in [0.2, 0.25) is 5.16 Å². The highest BCUT2D eigenvalue weighted by Crippen LogP contribution is 2.31. The van der Waals surface area contributed by atoms with Crippen LogP contribution in [0.4, 0.5) is 0 Å². The summed E-state index contributed by atoms with van der Waals surface area (Å²) in [6.45, 7) is 2.03. The Morgan fingerprint density at radius 2 is 2.15 bits per heavy atom. The summed E-state index contributed by atoms with van der Waals surface area (Å²) >= 11 is 1.49. The van der Waals surface area contributed by atoms with E-state index in [1.807, 2.05) is 31.2 Å². The lowest BCUT2D eigenvalue weighted by atomic mass is 9.99. The quantitative estimate of drug-likeness (QED) is 0.868. The predicted octanol–water partition coefficient (Wildman–Crippen LogP) is 2.57. The second-order valence-corrected chi connectivity index (χ2v) is 6.15. The lowest BCUT2D eigenvalue weighted by molar-refractivity contribution is -0.119. The number of carbonyl (C=O) groups excluding carboxylic acids is 1. The Morgan fingerprint density at radius 1 is 1.30 bits per heavy atom. The van der Waals surface area contributed by atoms with E-state index in [0.717, 1.165) is 30.5 Å². The monoisotopic (exact) mass is 288 g/mol. The van der Waals surface area contributed by atoms with E-state index in [9.17, 15) is 4.79 Å². The fraction of sp³-hybridized carbons (Fsp3) is 0.429. The molecular weight excluding hydrogens is 272 g/mol. The van der Waals surface area contributed by atoms with Crippen molar-refractivity contribution in [2.24, 2.45) is 0 Å². The predicted molar refractivity (Wildman–Crippen MR) is 77.0 cm³/mol. The van der Waals surface area contributed by atoms with Gasteiger partial charge in [-0.3, -0.25) is 4.79 Å². The standard InChI is InChI=1S/C14H16N4OS/c1-10-6-2-3-7-11(10)18-14(15-16-17-18)20-13-9-5-4-8-12(13)19/h2-3,6-7,13H,4-5,8-9H2,1H3/t13-/m0/s1. The summed E-state index contributed by atoms with van der Waals surface area (Å²) in [4.78, 5) is 11.9. The van der Waals surface area contributed by atoms with Crippen molar-refractivity contribution < 1.29 is 4.79 Å². The molecule has 0 bridgehead atoms. The molecule has 1 fully saturated rings. The first-order valence-electron chi connectivity index (χ1n) is 6.79. The van der Waals surface area contributed by atoms with Gasteiger partial charge in [0, 0.05) is 6.42 Å². The summed E-state index contributed by atoms with van der Waals surface area (Å²) in [7, 11) is 0. The second-order valence-electron chi connectivity index (χ2n) is 4.98. The van der Waals surface area contributed by atoms with Gasteiger partial charge in [-0.05, 0) is 41.8 Å². The number of Topliss-reactive ketones (excluding diaryl/α,β-unsaturated/α-hetero) is 1. The Morgan fingerprint density at radius 3 is 2.95 bits per heavy atom. The number of hydrogen-bond acceptors (Lipinski definition) is 5. The van der Waals surface area contributed by atoms with Gasteiger partial charge in [0.25, 0.3) is 0 Å². The summed E-state index contributed by atoms with van der Waals surface area (Å²) in [6.07, 6.45) is 3.72. The molecule has 0 N–H and O–H groups in total. The van der Waals surface area contributed by atoms with Crippen LogP contribution in [0.1, 0.15) is 31.2 Å². The van der Waals surface area contributed by atoms with Crippen LogP contribution >= 0.6 is 11.8 Å². The minimum atomic E-state index is -0.00230. The average Bonchev–Trinajstić information content (AvgIpc) is 2.90. The molecule has 104 valence electrons. The fourth-order valence-electron chi connectivity index (χ4n) is 2.41. The van der Waals surface area contributed by atoms with Crippen molar-refractivity contribution >= 4 is 17.5 Å². The maximum absolute atomic E-state index is 11.9. The SMILES string of the molecule is Cc1ccccc1-n1nnnc1S[C@H]1CCCCC1=O. The van der Waals surface area contributed by atoms with E-state index in [1.54, 1.807) is 4.68 Å². The van der Waals surface area contributed by atoms with Gasteiger partial charge in [-0.2, -0.15) is 4.68 Å². The van der Waals surface area contributed by atoms with Gasteiger partial charge in [0.05, 0.1) is 10.9 Å². The maximum Gasteiger partial charge on any atom is 0.214 e. The molecule has 1 heterocycles. The van der Waals surface area contributed by atoms with Crippen molar-refractivity contribution in [2.75, 3.05) is 0 Å². The van der Waals surface area contributed by atoms with Crippen LogP contribution in [-0.4, -0.2) is 31.2 Å². The molecule has 1 aliphatic rings.